The molecule has 2 aliphatic heterocycles. The van der Waals surface area contributed by atoms with Gasteiger partial charge in [-0.1, -0.05) is 4.49 Å². The van der Waals surface area contributed by atoms with Gasteiger partial charge in [0.1, 0.15) is 6.61 Å². The van der Waals surface area contributed by atoms with Gasteiger partial charge in [-0.15, -0.1) is 5.10 Å². The summed E-state index contributed by atoms with van der Waals surface area (Å²) in [5.41, 5.74) is 0.138. The van der Waals surface area contributed by atoms with Crippen LogP contribution in [0.15, 0.2) is 0 Å². The van der Waals surface area contributed by atoms with Crippen LogP contribution in [-0.2, 0) is 9.53 Å². The van der Waals surface area contributed by atoms with Crippen molar-refractivity contribution >= 4 is 23.3 Å². The van der Waals surface area contributed by atoms with Gasteiger partial charge in [-0.3, -0.25) is 9.59 Å². The molecule has 4 rings (SSSR count). The molecule has 0 radical (unpaired) electrons. The fraction of sp³-hybridized carbons (Fsp3) is 0.765. The number of aromatic nitrogens is 2. The monoisotopic (exact) mass is 364 g/mol. The SMILES string of the molecule is Cc1snnc1C(=O)N1CCC2(CC1)OCC(=O)N(CC1CC1)[C@@H]2C. The highest BCUT2D eigenvalue weighted by atomic mass is 32.1. The van der Waals surface area contributed by atoms with Crippen molar-refractivity contribution in [2.45, 2.75) is 51.2 Å². The first-order chi connectivity index (χ1) is 12.0. The highest BCUT2D eigenvalue weighted by Crippen LogP contribution is 2.38. The number of nitrogens with zero attached hydrogens (tertiary/aromatic N) is 4. The van der Waals surface area contributed by atoms with E-state index in [0.717, 1.165) is 24.3 Å². The molecule has 1 spiro atoms. The lowest BCUT2D eigenvalue weighted by molar-refractivity contribution is -0.185. The summed E-state index contributed by atoms with van der Waals surface area (Å²) in [6.45, 7) is 6.26. The van der Waals surface area contributed by atoms with Gasteiger partial charge in [-0.2, -0.15) is 0 Å². The average Bonchev–Trinajstić information content (AvgIpc) is 3.34. The summed E-state index contributed by atoms with van der Waals surface area (Å²) in [4.78, 5) is 29.6. The zero-order chi connectivity index (χ0) is 17.6. The third kappa shape index (κ3) is 3.06. The van der Waals surface area contributed by atoms with Crippen LogP contribution in [0.1, 0.15) is 48.0 Å². The number of rotatable bonds is 3. The summed E-state index contributed by atoms with van der Waals surface area (Å²) in [7, 11) is 0. The van der Waals surface area contributed by atoms with Crippen LogP contribution in [0.3, 0.4) is 0 Å². The molecular weight excluding hydrogens is 340 g/mol. The number of ether oxygens (including phenoxy) is 1. The Morgan fingerprint density at radius 3 is 2.68 bits per heavy atom. The van der Waals surface area contributed by atoms with Crippen molar-refractivity contribution in [1.29, 1.82) is 0 Å². The number of likely N-dealkylation sites (tertiary alicyclic amines) is 1. The molecule has 0 N–H and O–H groups in total. The Balaban J connectivity index is 1.44. The number of hydrogen-bond donors (Lipinski definition) is 0. The molecule has 0 unspecified atom stereocenters. The highest BCUT2D eigenvalue weighted by Gasteiger charge is 2.49. The van der Waals surface area contributed by atoms with E-state index < -0.39 is 0 Å². The number of aryl methyl sites for hydroxylation is 1. The zero-order valence-electron chi connectivity index (χ0n) is 14.7. The van der Waals surface area contributed by atoms with Gasteiger partial charge in [0.2, 0.25) is 5.91 Å². The number of carbonyl (C=O) groups is 2. The number of morpholine rings is 1. The molecule has 1 aromatic heterocycles. The number of carbonyl (C=O) groups excluding carboxylic acids is 2. The van der Waals surface area contributed by atoms with Crippen LogP contribution in [0.5, 0.6) is 0 Å². The Labute approximate surface area is 151 Å². The number of amides is 2. The van der Waals surface area contributed by atoms with E-state index in [4.69, 9.17) is 4.74 Å². The van der Waals surface area contributed by atoms with Crippen LogP contribution in [0.4, 0.5) is 0 Å². The predicted molar refractivity (Wildman–Crippen MR) is 92.4 cm³/mol. The van der Waals surface area contributed by atoms with Crippen molar-refractivity contribution in [1.82, 2.24) is 19.4 Å². The molecule has 1 atom stereocenters. The van der Waals surface area contributed by atoms with Gasteiger partial charge < -0.3 is 14.5 Å². The Morgan fingerprint density at radius 2 is 2.08 bits per heavy atom. The molecule has 1 aromatic rings. The summed E-state index contributed by atoms with van der Waals surface area (Å²) in [5, 5.41) is 3.96. The van der Waals surface area contributed by atoms with Gasteiger partial charge in [0.05, 0.1) is 16.5 Å². The first-order valence-corrected chi connectivity index (χ1v) is 9.79. The lowest BCUT2D eigenvalue weighted by Crippen LogP contribution is -2.64. The summed E-state index contributed by atoms with van der Waals surface area (Å²) < 4.78 is 9.91. The van der Waals surface area contributed by atoms with Crippen LogP contribution in [0, 0.1) is 12.8 Å². The van der Waals surface area contributed by atoms with E-state index in [2.05, 4.69) is 16.5 Å². The van der Waals surface area contributed by atoms with Gasteiger partial charge in [-0.05, 0) is 57.0 Å². The highest BCUT2D eigenvalue weighted by molar-refractivity contribution is 7.05. The van der Waals surface area contributed by atoms with Crippen LogP contribution in [-0.4, -0.2) is 69.1 Å². The molecular formula is C17H24N4O3S. The fourth-order valence-corrected chi connectivity index (χ4v) is 4.44. The molecule has 25 heavy (non-hydrogen) atoms. The second kappa shape index (κ2) is 6.32. The molecule has 1 saturated carbocycles. The molecule has 1 aliphatic carbocycles. The van der Waals surface area contributed by atoms with Crippen molar-refractivity contribution in [3.8, 4) is 0 Å². The van der Waals surface area contributed by atoms with E-state index in [1.165, 1.54) is 24.4 Å². The summed E-state index contributed by atoms with van der Waals surface area (Å²) in [6, 6.07) is 0.0641. The van der Waals surface area contributed by atoms with E-state index in [1.807, 2.05) is 16.7 Å². The van der Waals surface area contributed by atoms with E-state index in [0.29, 0.717) is 24.7 Å². The van der Waals surface area contributed by atoms with Gasteiger partial charge in [0.15, 0.2) is 5.69 Å². The third-order valence-electron chi connectivity index (χ3n) is 5.94. The van der Waals surface area contributed by atoms with Crippen LogP contribution < -0.4 is 0 Å². The largest absolute Gasteiger partial charge is 0.363 e. The molecule has 3 heterocycles. The van der Waals surface area contributed by atoms with Crippen molar-refractivity contribution < 1.29 is 14.3 Å². The van der Waals surface area contributed by atoms with Gasteiger partial charge in [0.25, 0.3) is 5.91 Å². The van der Waals surface area contributed by atoms with E-state index in [-0.39, 0.29) is 30.1 Å². The summed E-state index contributed by atoms with van der Waals surface area (Å²) >= 11 is 1.25. The zero-order valence-corrected chi connectivity index (χ0v) is 15.5. The Morgan fingerprint density at radius 1 is 1.36 bits per heavy atom. The molecule has 3 aliphatic rings. The lowest BCUT2D eigenvalue weighted by Gasteiger charge is -2.51. The molecule has 2 saturated heterocycles. The molecule has 7 nitrogen and oxygen atoms in total. The molecule has 3 fully saturated rings. The third-order valence-corrected chi connectivity index (χ3v) is 6.57. The topological polar surface area (TPSA) is 75.6 Å². The summed E-state index contributed by atoms with van der Waals surface area (Å²) in [5.74, 6) is 0.728. The normalized spacial score (nSPS) is 26.3. The van der Waals surface area contributed by atoms with Crippen molar-refractivity contribution in [3.63, 3.8) is 0 Å². The first kappa shape index (κ1) is 16.9. The average molecular weight is 364 g/mol. The minimum atomic E-state index is -0.324. The van der Waals surface area contributed by atoms with Gasteiger partial charge in [-0.25, -0.2) is 0 Å². The van der Waals surface area contributed by atoms with E-state index in [9.17, 15) is 9.59 Å². The minimum absolute atomic E-state index is 0.0459. The second-order valence-electron chi connectivity index (χ2n) is 7.49. The van der Waals surface area contributed by atoms with Crippen molar-refractivity contribution in [2.75, 3.05) is 26.2 Å². The molecule has 2 amide bonds. The minimum Gasteiger partial charge on any atom is -0.363 e. The van der Waals surface area contributed by atoms with Gasteiger partial charge in [0, 0.05) is 19.6 Å². The van der Waals surface area contributed by atoms with E-state index >= 15 is 0 Å². The van der Waals surface area contributed by atoms with Crippen LogP contribution in [0.25, 0.3) is 0 Å². The Hall–Kier alpha value is -1.54. The Bertz CT molecular complexity index is 679. The maximum Gasteiger partial charge on any atom is 0.275 e. The molecule has 0 aromatic carbocycles. The maximum absolute atomic E-state index is 12.6. The van der Waals surface area contributed by atoms with Gasteiger partial charge >= 0.3 is 0 Å². The first-order valence-electron chi connectivity index (χ1n) is 9.02. The second-order valence-corrected chi connectivity index (χ2v) is 8.45. The van der Waals surface area contributed by atoms with Crippen LogP contribution >= 0.6 is 11.5 Å². The molecule has 136 valence electrons. The lowest BCUT2D eigenvalue weighted by atomic mass is 9.82. The van der Waals surface area contributed by atoms with Crippen molar-refractivity contribution in [3.05, 3.63) is 10.6 Å². The number of hydrogen-bond acceptors (Lipinski definition) is 6. The molecule has 8 heteroatoms. The number of piperidine rings is 1. The fourth-order valence-electron chi connectivity index (χ4n) is 3.98. The van der Waals surface area contributed by atoms with Crippen LogP contribution in [0.2, 0.25) is 0 Å². The predicted octanol–water partition coefficient (Wildman–Crippen LogP) is 1.48. The Kier molecular flexibility index (Phi) is 4.27. The van der Waals surface area contributed by atoms with Crippen molar-refractivity contribution in [2.24, 2.45) is 5.92 Å². The maximum atomic E-state index is 12.6. The smallest absolute Gasteiger partial charge is 0.275 e. The quantitative estimate of drug-likeness (QED) is 0.812. The standard InChI is InChI=1S/C17H24N4O3S/c1-11-15(18-19-25-11)16(23)20-7-5-17(6-8-20)12(2)21(9-13-3-4-13)14(22)10-24-17/h12-13H,3-10H2,1-2H3/t12-/m1/s1. The molecule has 0 bridgehead atoms. The van der Waals surface area contributed by atoms with E-state index in [1.54, 1.807) is 0 Å². The summed E-state index contributed by atoms with van der Waals surface area (Å²) in [6.07, 6.45) is 3.97.